The Morgan fingerprint density at radius 3 is 2.61 bits per heavy atom. The van der Waals surface area contributed by atoms with E-state index in [-0.39, 0.29) is 0 Å². The zero-order chi connectivity index (χ0) is 13.0. The third kappa shape index (κ3) is 3.59. The van der Waals surface area contributed by atoms with Crippen LogP contribution in [0, 0.1) is 12.8 Å². The summed E-state index contributed by atoms with van der Waals surface area (Å²) in [7, 11) is 0. The zero-order valence-corrected chi connectivity index (χ0v) is 13.5. The predicted octanol–water partition coefficient (Wildman–Crippen LogP) is 5.46. The average Bonchev–Trinajstić information content (AvgIpc) is 2.77. The summed E-state index contributed by atoms with van der Waals surface area (Å²) in [4.78, 5) is 1.40. The van der Waals surface area contributed by atoms with Crippen LogP contribution in [0.1, 0.15) is 16.0 Å². The van der Waals surface area contributed by atoms with Crippen molar-refractivity contribution in [3.05, 3.63) is 56.2 Å². The fraction of sp³-hybridized carbons (Fsp3) is 0.333. The van der Waals surface area contributed by atoms with Crippen LogP contribution < -0.4 is 0 Å². The monoisotopic (exact) mass is 342 g/mol. The van der Waals surface area contributed by atoms with E-state index in [1.165, 1.54) is 20.5 Å². The van der Waals surface area contributed by atoms with E-state index in [0.29, 0.717) is 11.8 Å². The van der Waals surface area contributed by atoms with Crippen molar-refractivity contribution in [3.63, 3.8) is 0 Å². The SMILES string of the molecule is Cc1ccccc1CC(CCl)Cc1sccc1Br. The molecule has 0 saturated heterocycles. The van der Waals surface area contributed by atoms with Crippen LogP contribution in [0.4, 0.5) is 0 Å². The Morgan fingerprint density at radius 1 is 1.22 bits per heavy atom. The second-order valence-electron chi connectivity index (χ2n) is 4.55. The number of hydrogen-bond acceptors (Lipinski definition) is 1. The van der Waals surface area contributed by atoms with Crippen molar-refractivity contribution < 1.29 is 0 Å². The first-order chi connectivity index (χ1) is 8.70. The molecule has 0 saturated carbocycles. The normalized spacial score (nSPS) is 12.6. The molecule has 0 bridgehead atoms. The molecule has 0 aliphatic rings. The Morgan fingerprint density at radius 2 is 2.00 bits per heavy atom. The van der Waals surface area contributed by atoms with Crippen LogP contribution in [0.15, 0.2) is 40.2 Å². The van der Waals surface area contributed by atoms with Crippen molar-refractivity contribution in [3.8, 4) is 0 Å². The number of alkyl halides is 1. The Hall–Kier alpha value is -0.310. The van der Waals surface area contributed by atoms with Crippen molar-refractivity contribution in [2.75, 3.05) is 5.88 Å². The molecule has 0 nitrogen and oxygen atoms in total. The Balaban J connectivity index is 2.06. The van der Waals surface area contributed by atoms with Crippen molar-refractivity contribution in [2.24, 2.45) is 5.92 Å². The third-order valence-corrected chi connectivity index (χ3v) is 5.54. The molecule has 18 heavy (non-hydrogen) atoms. The van der Waals surface area contributed by atoms with Gasteiger partial charge in [0, 0.05) is 15.2 Å². The van der Waals surface area contributed by atoms with Crippen LogP contribution in [0.25, 0.3) is 0 Å². The van der Waals surface area contributed by atoms with E-state index in [1.54, 1.807) is 11.3 Å². The molecule has 1 aromatic heterocycles. The second-order valence-corrected chi connectivity index (χ2v) is 6.71. The highest BCUT2D eigenvalue weighted by atomic mass is 79.9. The van der Waals surface area contributed by atoms with Crippen LogP contribution in [0.3, 0.4) is 0 Å². The van der Waals surface area contributed by atoms with Crippen LogP contribution in [0.5, 0.6) is 0 Å². The van der Waals surface area contributed by atoms with Crippen molar-refractivity contribution >= 4 is 38.9 Å². The standard InChI is InChI=1S/C15H16BrClS/c1-11-4-2-3-5-13(11)8-12(10-17)9-15-14(16)6-7-18-15/h2-7,12H,8-10H2,1H3. The summed E-state index contributed by atoms with van der Waals surface area (Å²) in [6, 6.07) is 10.7. The molecular weight excluding hydrogens is 328 g/mol. The highest BCUT2D eigenvalue weighted by Crippen LogP contribution is 2.27. The highest BCUT2D eigenvalue weighted by molar-refractivity contribution is 9.10. The molecule has 1 atom stereocenters. The van der Waals surface area contributed by atoms with E-state index in [0.717, 1.165) is 12.8 Å². The lowest BCUT2D eigenvalue weighted by atomic mass is 9.94. The number of aryl methyl sites for hydroxylation is 1. The third-order valence-electron chi connectivity index (χ3n) is 3.15. The molecule has 1 heterocycles. The van der Waals surface area contributed by atoms with Gasteiger partial charge in [-0.15, -0.1) is 22.9 Å². The van der Waals surface area contributed by atoms with E-state index in [4.69, 9.17) is 11.6 Å². The highest BCUT2D eigenvalue weighted by Gasteiger charge is 2.13. The Bertz CT molecular complexity index is 507. The van der Waals surface area contributed by atoms with Crippen LogP contribution in [0.2, 0.25) is 0 Å². The molecule has 0 aliphatic carbocycles. The second kappa shape index (κ2) is 6.74. The lowest BCUT2D eigenvalue weighted by Gasteiger charge is -2.15. The van der Waals surface area contributed by atoms with Gasteiger partial charge in [0.1, 0.15) is 0 Å². The molecule has 2 aromatic rings. The van der Waals surface area contributed by atoms with E-state index in [2.05, 4.69) is 58.6 Å². The fourth-order valence-electron chi connectivity index (χ4n) is 2.06. The van der Waals surface area contributed by atoms with Gasteiger partial charge >= 0.3 is 0 Å². The molecule has 0 amide bonds. The topological polar surface area (TPSA) is 0 Å². The number of halogens is 2. The van der Waals surface area contributed by atoms with Gasteiger partial charge in [-0.25, -0.2) is 0 Å². The summed E-state index contributed by atoms with van der Waals surface area (Å²) in [6.45, 7) is 2.17. The van der Waals surface area contributed by atoms with E-state index in [9.17, 15) is 0 Å². The van der Waals surface area contributed by atoms with Crippen LogP contribution in [-0.4, -0.2) is 5.88 Å². The van der Waals surface area contributed by atoms with Crippen LogP contribution >= 0.6 is 38.9 Å². The number of hydrogen-bond donors (Lipinski definition) is 0. The molecule has 3 heteroatoms. The molecule has 1 aromatic carbocycles. The quantitative estimate of drug-likeness (QED) is 0.632. The average molecular weight is 344 g/mol. The molecule has 0 aliphatic heterocycles. The molecule has 96 valence electrons. The molecule has 0 spiro atoms. The molecule has 0 fully saturated rings. The first-order valence-corrected chi connectivity index (χ1v) is 8.23. The molecule has 0 N–H and O–H groups in total. The summed E-state index contributed by atoms with van der Waals surface area (Å²) >= 11 is 11.5. The first-order valence-electron chi connectivity index (χ1n) is 6.03. The number of thiophene rings is 1. The summed E-state index contributed by atoms with van der Waals surface area (Å²) in [5, 5.41) is 2.12. The fourth-order valence-corrected chi connectivity index (χ4v) is 3.91. The van der Waals surface area contributed by atoms with Crippen molar-refractivity contribution in [1.82, 2.24) is 0 Å². The van der Waals surface area contributed by atoms with E-state index >= 15 is 0 Å². The molecular formula is C15H16BrClS. The maximum Gasteiger partial charge on any atom is 0.0314 e. The van der Waals surface area contributed by atoms with Gasteiger partial charge in [-0.1, -0.05) is 24.3 Å². The minimum absolute atomic E-state index is 0.503. The maximum atomic E-state index is 6.13. The zero-order valence-electron chi connectivity index (χ0n) is 10.3. The smallest absolute Gasteiger partial charge is 0.0314 e. The minimum Gasteiger partial charge on any atom is -0.148 e. The van der Waals surface area contributed by atoms with E-state index < -0.39 is 0 Å². The van der Waals surface area contributed by atoms with E-state index in [1.807, 2.05) is 0 Å². The first kappa shape index (κ1) is 14.1. The van der Waals surface area contributed by atoms with Gasteiger partial charge in [0.05, 0.1) is 0 Å². The van der Waals surface area contributed by atoms with Crippen molar-refractivity contribution in [2.45, 2.75) is 19.8 Å². The summed E-state index contributed by atoms with van der Waals surface area (Å²) in [5.41, 5.74) is 2.77. The van der Waals surface area contributed by atoms with Gasteiger partial charge in [0.25, 0.3) is 0 Å². The summed E-state index contributed by atoms with van der Waals surface area (Å²) < 4.78 is 1.22. The van der Waals surface area contributed by atoms with Crippen molar-refractivity contribution in [1.29, 1.82) is 0 Å². The van der Waals surface area contributed by atoms with Crippen LogP contribution in [-0.2, 0) is 12.8 Å². The van der Waals surface area contributed by atoms with Gasteiger partial charge in [-0.2, -0.15) is 0 Å². The number of rotatable bonds is 5. The Labute approximate surface area is 126 Å². The van der Waals surface area contributed by atoms with Gasteiger partial charge in [0.15, 0.2) is 0 Å². The molecule has 0 radical (unpaired) electrons. The molecule has 1 unspecified atom stereocenters. The van der Waals surface area contributed by atoms with Gasteiger partial charge < -0.3 is 0 Å². The number of benzene rings is 1. The minimum atomic E-state index is 0.503. The summed E-state index contributed by atoms with van der Waals surface area (Å²) in [5.74, 6) is 1.21. The van der Waals surface area contributed by atoms with Gasteiger partial charge in [-0.05, 0) is 64.2 Å². The lowest BCUT2D eigenvalue weighted by Crippen LogP contribution is -2.10. The van der Waals surface area contributed by atoms with Gasteiger partial charge in [0.2, 0.25) is 0 Å². The lowest BCUT2D eigenvalue weighted by molar-refractivity contribution is 0.586. The largest absolute Gasteiger partial charge is 0.148 e. The Kier molecular flexibility index (Phi) is 5.28. The predicted molar refractivity (Wildman–Crippen MR) is 84.8 cm³/mol. The summed E-state index contributed by atoms with van der Waals surface area (Å²) in [6.07, 6.45) is 2.11. The maximum absolute atomic E-state index is 6.13. The molecule has 2 rings (SSSR count). The van der Waals surface area contributed by atoms with Gasteiger partial charge in [-0.3, -0.25) is 0 Å².